The van der Waals surface area contributed by atoms with Crippen molar-refractivity contribution in [1.82, 2.24) is 19.6 Å². The van der Waals surface area contributed by atoms with Crippen molar-refractivity contribution in [3.63, 3.8) is 0 Å². The summed E-state index contributed by atoms with van der Waals surface area (Å²) in [4.78, 5) is 4.68. The average molecular weight is 324 g/mol. The minimum atomic E-state index is -3.09. The van der Waals surface area contributed by atoms with Gasteiger partial charge in [-0.25, -0.2) is 18.1 Å². The maximum Gasteiger partial charge on any atom is 0.208 e. The first-order valence-electron chi connectivity index (χ1n) is 7.61. The van der Waals surface area contributed by atoms with Gasteiger partial charge in [-0.05, 0) is 31.5 Å². The number of aromatic nitrogens is 2. The normalized spacial score (nSPS) is 12.1. The van der Waals surface area contributed by atoms with Gasteiger partial charge in [0.05, 0.1) is 23.8 Å². The molecule has 1 aromatic heterocycles. The maximum absolute atomic E-state index is 11.0. The third-order valence-electron chi connectivity index (χ3n) is 3.36. The molecule has 0 aliphatic rings. The minimum absolute atomic E-state index is 0.456. The molecule has 0 radical (unpaired) electrons. The number of imidazole rings is 1. The van der Waals surface area contributed by atoms with Crippen LogP contribution in [0.2, 0.25) is 0 Å². The van der Waals surface area contributed by atoms with Gasteiger partial charge in [0.2, 0.25) is 10.0 Å². The molecule has 2 aromatic rings. The number of hydrogen-bond donors (Lipinski definition) is 2. The molecule has 7 heteroatoms. The molecule has 2 rings (SSSR count). The van der Waals surface area contributed by atoms with Crippen LogP contribution in [0.15, 0.2) is 24.3 Å². The van der Waals surface area contributed by atoms with E-state index in [0.29, 0.717) is 13.1 Å². The third-order valence-corrected chi connectivity index (χ3v) is 4.09. The Morgan fingerprint density at radius 3 is 2.73 bits per heavy atom. The summed E-state index contributed by atoms with van der Waals surface area (Å²) in [5.74, 6) is 1.03. The van der Waals surface area contributed by atoms with Crippen molar-refractivity contribution in [1.29, 1.82) is 0 Å². The Kier molecular flexibility index (Phi) is 5.93. The molecule has 0 fully saturated rings. The van der Waals surface area contributed by atoms with E-state index in [9.17, 15) is 8.42 Å². The first-order valence-corrected chi connectivity index (χ1v) is 9.50. The van der Waals surface area contributed by atoms with Crippen LogP contribution in [0.3, 0.4) is 0 Å². The molecule has 122 valence electrons. The molecule has 0 amide bonds. The summed E-state index contributed by atoms with van der Waals surface area (Å²) in [6.45, 7) is 5.00. The van der Waals surface area contributed by atoms with Gasteiger partial charge < -0.3 is 9.88 Å². The topological polar surface area (TPSA) is 76.0 Å². The Labute approximate surface area is 132 Å². The van der Waals surface area contributed by atoms with Crippen molar-refractivity contribution in [2.45, 2.75) is 32.9 Å². The lowest BCUT2D eigenvalue weighted by atomic mass is 10.3. The minimum Gasteiger partial charge on any atom is -0.327 e. The highest BCUT2D eigenvalue weighted by molar-refractivity contribution is 7.88. The number of fused-ring (bicyclic) bond motifs is 1. The molecule has 1 aromatic carbocycles. The van der Waals surface area contributed by atoms with E-state index in [4.69, 9.17) is 0 Å². The third kappa shape index (κ3) is 4.79. The van der Waals surface area contributed by atoms with Crippen LogP contribution in [0.5, 0.6) is 0 Å². The second kappa shape index (κ2) is 7.71. The highest BCUT2D eigenvalue weighted by Gasteiger charge is 2.09. The van der Waals surface area contributed by atoms with Gasteiger partial charge in [-0.3, -0.25) is 0 Å². The van der Waals surface area contributed by atoms with Gasteiger partial charge in [0.1, 0.15) is 5.82 Å². The average Bonchev–Trinajstić information content (AvgIpc) is 2.80. The van der Waals surface area contributed by atoms with E-state index in [0.717, 1.165) is 37.3 Å². The van der Waals surface area contributed by atoms with Gasteiger partial charge in [0, 0.05) is 13.1 Å². The van der Waals surface area contributed by atoms with Crippen LogP contribution in [0.25, 0.3) is 11.0 Å². The Morgan fingerprint density at radius 2 is 2.00 bits per heavy atom. The highest BCUT2D eigenvalue weighted by Crippen LogP contribution is 2.16. The lowest BCUT2D eigenvalue weighted by Crippen LogP contribution is -2.26. The fourth-order valence-corrected chi connectivity index (χ4v) is 2.92. The SMILES string of the molecule is CCCn1c(CNCCCNS(C)(=O)=O)nc2ccccc21. The van der Waals surface area contributed by atoms with Crippen LogP contribution in [-0.2, 0) is 23.1 Å². The van der Waals surface area contributed by atoms with E-state index in [1.54, 1.807) is 0 Å². The largest absolute Gasteiger partial charge is 0.327 e. The molecule has 0 bridgehead atoms. The summed E-state index contributed by atoms with van der Waals surface area (Å²) in [7, 11) is -3.09. The summed E-state index contributed by atoms with van der Waals surface area (Å²) in [6, 6.07) is 8.16. The summed E-state index contributed by atoms with van der Waals surface area (Å²) in [5.41, 5.74) is 2.19. The van der Waals surface area contributed by atoms with E-state index in [2.05, 4.69) is 32.6 Å². The molecule has 6 nitrogen and oxygen atoms in total. The molecule has 0 saturated carbocycles. The molecule has 22 heavy (non-hydrogen) atoms. The molecule has 0 atom stereocenters. The number of hydrogen-bond acceptors (Lipinski definition) is 4. The number of aryl methyl sites for hydroxylation is 1. The van der Waals surface area contributed by atoms with Gasteiger partial charge >= 0.3 is 0 Å². The highest BCUT2D eigenvalue weighted by atomic mass is 32.2. The number of benzene rings is 1. The fourth-order valence-electron chi connectivity index (χ4n) is 2.40. The van der Waals surface area contributed by atoms with E-state index < -0.39 is 10.0 Å². The van der Waals surface area contributed by atoms with Gasteiger partial charge in [0.25, 0.3) is 0 Å². The van der Waals surface area contributed by atoms with Crippen LogP contribution < -0.4 is 10.0 Å². The number of nitrogens with one attached hydrogen (secondary N) is 2. The number of sulfonamides is 1. The Balaban J connectivity index is 1.90. The zero-order valence-electron chi connectivity index (χ0n) is 13.2. The maximum atomic E-state index is 11.0. The summed E-state index contributed by atoms with van der Waals surface area (Å²) in [6.07, 6.45) is 2.99. The predicted octanol–water partition coefficient (Wildman–Crippen LogP) is 1.48. The smallest absolute Gasteiger partial charge is 0.208 e. The van der Waals surface area contributed by atoms with Crippen molar-refractivity contribution in [2.75, 3.05) is 19.3 Å². The van der Waals surface area contributed by atoms with Crippen LogP contribution in [0.1, 0.15) is 25.6 Å². The van der Waals surface area contributed by atoms with Gasteiger partial charge in [0.15, 0.2) is 0 Å². The number of rotatable bonds is 9. The fraction of sp³-hybridized carbons (Fsp3) is 0.533. The molecule has 0 saturated heterocycles. The number of nitrogens with zero attached hydrogens (tertiary/aromatic N) is 2. The molecule has 1 heterocycles. The standard InChI is InChI=1S/C15H24N4O2S/c1-3-11-19-14-8-5-4-7-13(14)18-15(19)12-16-9-6-10-17-22(2,20)21/h4-5,7-8,16-17H,3,6,9-12H2,1-2H3. The van der Waals surface area contributed by atoms with Gasteiger partial charge in [-0.1, -0.05) is 19.1 Å². The molecule has 0 unspecified atom stereocenters. The van der Waals surface area contributed by atoms with Crippen LogP contribution >= 0.6 is 0 Å². The van der Waals surface area contributed by atoms with Crippen LogP contribution in [-0.4, -0.2) is 37.3 Å². The second-order valence-corrected chi connectivity index (χ2v) is 7.20. The Hall–Kier alpha value is -1.44. The van der Waals surface area contributed by atoms with Crippen LogP contribution in [0.4, 0.5) is 0 Å². The Morgan fingerprint density at radius 1 is 1.23 bits per heavy atom. The summed E-state index contributed by atoms with van der Waals surface area (Å²) in [5, 5.41) is 3.33. The molecular weight excluding hydrogens is 300 g/mol. The summed E-state index contributed by atoms with van der Waals surface area (Å²) < 4.78 is 26.6. The number of para-hydroxylation sites is 2. The molecular formula is C15H24N4O2S. The van der Waals surface area contributed by atoms with Crippen molar-refractivity contribution in [2.24, 2.45) is 0 Å². The van der Waals surface area contributed by atoms with Gasteiger partial charge in [-0.15, -0.1) is 0 Å². The van der Waals surface area contributed by atoms with Crippen molar-refractivity contribution >= 4 is 21.1 Å². The zero-order valence-corrected chi connectivity index (χ0v) is 14.0. The molecule has 0 spiro atoms. The zero-order chi connectivity index (χ0) is 16.0. The lowest BCUT2D eigenvalue weighted by Gasteiger charge is -2.09. The van der Waals surface area contributed by atoms with Crippen molar-refractivity contribution in [3.8, 4) is 0 Å². The van der Waals surface area contributed by atoms with E-state index in [1.807, 2.05) is 18.2 Å². The molecule has 0 aliphatic heterocycles. The molecule has 0 aliphatic carbocycles. The van der Waals surface area contributed by atoms with E-state index in [1.165, 1.54) is 11.8 Å². The summed E-state index contributed by atoms with van der Waals surface area (Å²) >= 11 is 0. The van der Waals surface area contributed by atoms with E-state index in [-0.39, 0.29) is 0 Å². The second-order valence-electron chi connectivity index (χ2n) is 5.37. The lowest BCUT2D eigenvalue weighted by molar-refractivity contribution is 0.568. The monoisotopic (exact) mass is 324 g/mol. The first-order chi connectivity index (χ1) is 10.5. The predicted molar refractivity (Wildman–Crippen MR) is 89.2 cm³/mol. The molecule has 2 N–H and O–H groups in total. The van der Waals surface area contributed by atoms with Crippen LogP contribution in [0, 0.1) is 0 Å². The van der Waals surface area contributed by atoms with E-state index >= 15 is 0 Å². The van der Waals surface area contributed by atoms with Gasteiger partial charge in [-0.2, -0.15) is 0 Å². The Bertz CT molecular complexity index is 709. The van der Waals surface area contributed by atoms with Crippen molar-refractivity contribution < 1.29 is 8.42 Å². The van der Waals surface area contributed by atoms with Crippen molar-refractivity contribution in [3.05, 3.63) is 30.1 Å². The first kappa shape index (κ1) is 16.9. The quantitative estimate of drug-likeness (QED) is 0.685.